The number of ether oxygens (including phenoxy) is 1. The highest BCUT2D eigenvalue weighted by Crippen LogP contribution is 2.32. The molecule has 1 aliphatic rings. The van der Waals surface area contributed by atoms with Gasteiger partial charge in [-0.15, -0.1) is 0 Å². The predicted octanol–water partition coefficient (Wildman–Crippen LogP) is 4.72. The van der Waals surface area contributed by atoms with E-state index in [1.165, 1.54) is 11.1 Å². The van der Waals surface area contributed by atoms with E-state index in [9.17, 15) is 0 Å². The second-order valence-corrected chi connectivity index (χ2v) is 6.12. The van der Waals surface area contributed by atoms with Crippen molar-refractivity contribution in [3.63, 3.8) is 0 Å². The Hall–Kier alpha value is -1.03. The number of rotatable bonds is 3. The highest BCUT2D eigenvalue weighted by molar-refractivity contribution is 9.10. The number of hydrogen-bond donors (Lipinski definition) is 1. The van der Waals surface area contributed by atoms with Gasteiger partial charge >= 0.3 is 0 Å². The van der Waals surface area contributed by atoms with Crippen LogP contribution >= 0.6 is 27.5 Å². The average molecular weight is 353 g/mol. The van der Waals surface area contributed by atoms with Gasteiger partial charge in [0.1, 0.15) is 5.75 Å². The van der Waals surface area contributed by atoms with E-state index < -0.39 is 0 Å². The van der Waals surface area contributed by atoms with Crippen LogP contribution in [0.25, 0.3) is 0 Å². The third-order valence-electron chi connectivity index (χ3n) is 3.50. The molecule has 2 aromatic rings. The van der Waals surface area contributed by atoms with Gasteiger partial charge in [0.2, 0.25) is 0 Å². The standard InChI is InChI=1S/C16H15BrClNO/c17-13-9-11(5-6-14(13)18)10-19-15-7-8-20-16-4-2-1-3-12(15)16/h1-6,9,15,19H,7-8,10H2. The fourth-order valence-electron chi connectivity index (χ4n) is 2.44. The van der Waals surface area contributed by atoms with Gasteiger partial charge in [-0.2, -0.15) is 0 Å². The molecule has 0 aliphatic carbocycles. The Morgan fingerprint density at radius 1 is 1.25 bits per heavy atom. The number of hydrogen-bond acceptors (Lipinski definition) is 2. The number of para-hydroxylation sites is 1. The number of halogens is 2. The van der Waals surface area contributed by atoms with Crippen LogP contribution in [0.3, 0.4) is 0 Å². The molecular formula is C16H15BrClNO. The van der Waals surface area contributed by atoms with E-state index >= 15 is 0 Å². The second kappa shape index (κ2) is 6.17. The lowest BCUT2D eigenvalue weighted by Gasteiger charge is -2.26. The zero-order chi connectivity index (χ0) is 13.9. The first-order chi connectivity index (χ1) is 9.74. The Bertz CT molecular complexity index is 617. The molecule has 1 unspecified atom stereocenters. The number of nitrogens with one attached hydrogen (secondary N) is 1. The van der Waals surface area contributed by atoms with Crippen molar-refractivity contribution in [3.8, 4) is 5.75 Å². The lowest BCUT2D eigenvalue weighted by atomic mass is 10.0. The van der Waals surface area contributed by atoms with Gasteiger partial charge in [-0.1, -0.05) is 35.9 Å². The highest BCUT2D eigenvalue weighted by Gasteiger charge is 2.20. The van der Waals surface area contributed by atoms with E-state index in [4.69, 9.17) is 16.3 Å². The van der Waals surface area contributed by atoms with Crippen LogP contribution < -0.4 is 10.1 Å². The molecule has 0 amide bonds. The fraction of sp³-hybridized carbons (Fsp3) is 0.250. The van der Waals surface area contributed by atoms with Crippen molar-refractivity contribution < 1.29 is 4.74 Å². The summed E-state index contributed by atoms with van der Waals surface area (Å²) in [6.07, 6.45) is 0.992. The van der Waals surface area contributed by atoms with Crippen LogP contribution in [0, 0.1) is 0 Å². The van der Waals surface area contributed by atoms with Crippen LogP contribution in [0.2, 0.25) is 5.02 Å². The summed E-state index contributed by atoms with van der Waals surface area (Å²) in [6.45, 7) is 1.58. The van der Waals surface area contributed by atoms with E-state index in [1.54, 1.807) is 0 Å². The lowest BCUT2D eigenvalue weighted by Crippen LogP contribution is -2.26. The molecule has 0 bridgehead atoms. The van der Waals surface area contributed by atoms with Gasteiger partial charge in [0, 0.05) is 29.0 Å². The minimum absolute atomic E-state index is 0.342. The summed E-state index contributed by atoms with van der Waals surface area (Å²) in [6, 6.07) is 14.6. The van der Waals surface area contributed by atoms with E-state index in [-0.39, 0.29) is 0 Å². The SMILES string of the molecule is Clc1ccc(CNC2CCOc3ccccc32)cc1Br. The topological polar surface area (TPSA) is 21.3 Å². The molecule has 20 heavy (non-hydrogen) atoms. The van der Waals surface area contributed by atoms with Crippen LogP contribution in [-0.4, -0.2) is 6.61 Å². The Balaban J connectivity index is 1.71. The molecule has 0 fully saturated rings. The highest BCUT2D eigenvalue weighted by atomic mass is 79.9. The molecule has 0 radical (unpaired) electrons. The first-order valence-corrected chi connectivity index (χ1v) is 7.80. The van der Waals surface area contributed by atoms with Gasteiger partial charge in [0.15, 0.2) is 0 Å². The van der Waals surface area contributed by atoms with E-state index in [1.807, 2.05) is 24.3 Å². The average Bonchev–Trinajstić information content (AvgIpc) is 2.48. The summed E-state index contributed by atoms with van der Waals surface area (Å²) in [5.41, 5.74) is 2.46. The van der Waals surface area contributed by atoms with Gasteiger partial charge in [-0.05, 0) is 39.7 Å². The monoisotopic (exact) mass is 351 g/mol. The molecule has 2 nitrogen and oxygen atoms in total. The van der Waals surface area contributed by atoms with Gasteiger partial charge in [-0.25, -0.2) is 0 Å². The Morgan fingerprint density at radius 2 is 2.10 bits per heavy atom. The van der Waals surface area contributed by atoms with Crippen molar-refractivity contribution >= 4 is 27.5 Å². The summed E-state index contributed by atoms with van der Waals surface area (Å²) >= 11 is 9.47. The summed E-state index contributed by atoms with van der Waals surface area (Å²) in [5.74, 6) is 0.994. The lowest BCUT2D eigenvalue weighted by molar-refractivity contribution is 0.252. The molecule has 1 aliphatic heterocycles. The minimum atomic E-state index is 0.342. The van der Waals surface area contributed by atoms with Crippen molar-refractivity contribution in [2.24, 2.45) is 0 Å². The van der Waals surface area contributed by atoms with Gasteiger partial charge < -0.3 is 10.1 Å². The molecule has 4 heteroatoms. The van der Waals surface area contributed by atoms with Gasteiger partial charge in [0.25, 0.3) is 0 Å². The molecule has 1 N–H and O–H groups in total. The Morgan fingerprint density at radius 3 is 2.95 bits per heavy atom. The molecule has 0 saturated carbocycles. The summed E-state index contributed by atoms with van der Waals surface area (Å²) in [7, 11) is 0. The normalized spacial score (nSPS) is 17.4. The van der Waals surface area contributed by atoms with Crippen LogP contribution in [-0.2, 0) is 6.54 Å². The quantitative estimate of drug-likeness (QED) is 0.863. The fourth-order valence-corrected chi connectivity index (χ4v) is 2.99. The van der Waals surface area contributed by atoms with Gasteiger partial charge in [0.05, 0.1) is 11.6 Å². The van der Waals surface area contributed by atoms with Crippen molar-refractivity contribution in [3.05, 3.63) is 63.1 Å². The first-order valence-electron chi connectivity index (χ1n) is 6.63. The molecule has 1 heterocycles. The molecule has 104 valence electrons. The van der Waals surface area contributed by atoms with Crippen LogP contribution in [0.15, 0.2) is 46.9 Å². The molecule has 2 aromatic carbocycles. The summed E-state index contributed by atoms with van der Waals surface area (Å²) in [5, 5.41) is 4.34. The maximum Gasteiger partial charge on any atom is 0.124 e. The van der Waals surface area contributed by atoms with Crippen LogP contribution in [0.1, 0.15) is 23.6 Å². The smallest absolute Gasteiger partial charge is 0.124 e. The van der Waals surface area contributed by atoms with E-state index in [0.717, 1.165) is 34.8 Å². The van der Waals surface area contributed by atoms with Crippen molar-refractivity contribution in [2.75, 3.05) is 6.61 Å². The maximum absolute atomic E-state index is 6.01. The zero-order valence-electron chi connectivity index (χ0n) is 10.9. The molecule has 3 rings (SSSR count). The third kappa shape index (κ3) is 3.00. The molecular weight excluding hydrogens is 338 g/mol. The third-order valence-corrected chi connectivity index (χ3v) is 4.71. The van der Waals surface area contributed by atoms with E-state index in [0.29, 0.717) is 6.04 Å². The number of benzene rings is 2. The molecule has 0 saturated heterocycles. The van der Waals surface area contributed by atoms with Gasteiger partial charge in [-0.3, -0.25) is 0 Å². The maximum atomic E-state index is 6.01. The predicted molar refractivity (Wildman–Crippen MR) is 85.3 cm³/mol. The number of fused-ring (bicyclic) bond motifs is 1. The van der Waals surface area contributed by atoms with Crippen molar-refractivity contribution in [1.82, 2.24) is 5.32 Å². The summed E-state index contributed by atoms with van der Waals surface area (Å²) < 4.78 is 6.61. The van der Waals surface area contributed by atoms with Crippen molar-refractivity contribution in [1.29, 1.82) is 0 Å². The zero-order valence-corrected chi connectivity index (χ0v) is 13.2. The van der Waals surface area contributed by atoms with Crippen molar-refractivity contribution in [2.45, 2.75) is 19.0 Å². The molecule has 1 atom stereocenters. The Labute approximate surface area is 132 Å². The largest absolute Gasteiger partial charge is 0.493 e. The van der Waals surface area contributed by atoms with E-state index in [2.05, 4.69) is 39.4 Å². The second-order valence-electron chi connectivity index (χ2n) is 4.86. The summed E-state index contributed by atoms with van der Waals surface area (Å²) in [4.78, 5) is 0. The Kier molecular flexibility index (Phi) is 4.29. The molecule has 0 spiro atoms. The minimum Gasteiger partial charge on any atom is -0.493 e. The van der Waals surface area contributed by atoms with Crippen LogP contribution in [0.4, 0.5) is 0 Å². The van der Waals surface area contributed by atoms with Crippen LogP contribution in [0.5, 0.6) is 5.75 Å². The molecule has 0 aromatic heterocycles. The first kappa shape index (κ1) is 13.9.